The van der Waals surface area contributed by atoms with Crippen molar-refractivity contribution in [2.45, 2.75) is 220 Å². The van der Waals surface area contributed by atoms with Crippen LogP contribution in [0.5, 0.6) is 0 Å². The van der Waals surface area contributed by atoms with Crippen LogP contribution in [0.4, 0.5) is 0 Å². The highest BCUT2D eigenvalue weighted by Crippen LogP contribution is 2.68. The Morgan fingerprint density at radius 2 is 0.833 bits per heavy atom. The van der Waals surface area contributed by atoms with Gasteiger partial charge in [0.2, 0.25) is 28.5 Å². The standard InChI is InChI=1S/C21H26N.4C19H22N/c1-14-8-6-7-9-15(14)19-12-16-17-10-11-21(4,20(17,2)3)18(16)13-22(19)5;2*1-12-4-7-16(13(2)8-12)19-10-17-14-5-6-15(9-14)18(17)11-20(19)3;2*1-12-4-5-17(13(2)6-12)19-10-18-15-7-14(8-15)9-16(18)11-20(19)3/h6-9,12-13,17H,10-11H2,1-5H3;2*4,7-8,10-11,14-15H,5-6,9H2,1-3H3;2*4-6,10-11,14-15H,7-9H2,1-3H3/q5*+1/i;1D3,14D,15D;;1D3,9D2,15D;. The van der Waals surface area contributed by atoms with E-state index in [9.17, 15) is 0 Å². The van der Waals surface area contributed by atoms with E-state index < -0.39 is 37.8 Å². The fourth-order valence-electron chi connectivity index (χ4n) is 20.5. The van der Waals surface area contributed by atoms with Gasteiger partial charge in [0.25, 0.3) is 0 Å². The van der Waals surface area contributed by atoms with Crippen molar-refractivity contribution < 1.29 is 37.9 Å². The molecule has 12 aliphatic carbocycles. The zero-order chi connectivity index (χ0) is 80.7. The quantitative estimate of drug-likeness (QED) is 0.153. The molecule has 0 aliphatic heterocycles. The Hall–Kier alpha value is -8.15. The molecule has 5 aromatic heterocycles. The van der Waals surface area contributed by atoms with E-state index in [-0.39, 0.29) is 5.92 Å². The van der Waals surface area contributed by atoms with Crippen molar-refractivity contribution in [3.05, 3.63) is 264 Å². The maximum atomic E-state index is 8.77. The molecule has 5 heteroatoms. The Morgan fingerprint density at radius 3 is 1.40 bits per heavy atom. The molecule has 5 saturated carbocycles. The SMILES string of the molecule is Cc1ccc(-c2cc3c(c[n+]2C)C2CCC3C2)c(C)c1.Cc1ccc(-c2cc3c(c[n+]2C)CC2CC3C2)c(C)c1.Cc1ccccc1-c1cc2c(c[n+]1C)C1(C)CCC2C1(C)C.[2H]C([2H])([2H])c1ccc(-c2cc3c(c[n+]2C)C([2H])([2H])C2CC3([2H])C2)c(C)c1.[2H]C([2H])([2H])c1ccc(-c2cc3c(c[n+]2C)C2([2H])CCC3([2H])C2)c(C)c1. The monoisotopic (exact) mass is 1360 g/mol. The molecular formula is C97H114N5+5. The Morgan fingerprint density at radius 1 is 0.373 bits per heavy atom. The predicted molar refractivity (Wildman–Crippen MR) is 418 cm³/mol. The van der Waals surface area contributed by atoms with Gasteiger partial charge in [0, 0.05) is 106 Å². The third-order valence-electron chi connectivity index (χ3n) is 26.7. The average Bonchev–Trinajstić information content (AvgIpc) is 1.61. The number of pyridine rings is 5. The van der Waals surface area contributed by atoms with Crippen LogP contribution in [-0.4, -0.2) is 0 Å². The normalized spacial score (nSPS) is 28.7. The number of nitrogens with zero attached hydrogens (tertiary/aromatic N) is 5. The molecule has 0 saturated heterocycles. The maximum Gasteiger partial charge on any atom is 0.212 e. The highest BCUT2D eigenvalue weighted by Gasteiger charge is 2.60. The molecule has 12 aliphatic rings. The van der Waals surface area contributed by atoms with Gasteiger partial charge in [0.1, 0.15) is 35.2 Å². The van der Waals surface area contributed by atoms with Crippen LogP contribution < -0.4 is 22.8 Å². The van der Waals surface area contributed by atoms with Crippen molar-refractivity contribution in [3.8, 4) is 56.3 Å². The summed E-state index contributed by atoms with van der Waals surface area (Å²) in [5, 5.41) is 0. The smallest absolute Gasteiger partial charge is 0.201 e. The molecule has 10 bridgehead atoms. The van der Waals surface area contributed by atoms with E-state index in [1.807, 2.05) is 67.7 Å². The number of hydrogen-bond acceptors (Lipinski definition) is 0. The summed E-state index contributed by atoms with van der Waals surface area (Å²) < 4.78 is 99.4. The molecule has 5 heterocycles. The first kappa shape index (κ1) is 56.3. The second-order valence-electron chi connectivity index (χ2n) is 33.6. The van der Waals surface area contributed by atoms with Crippen molar-refractivity contribution in [2.75, 3.05) is 0 Å². The van der Waals surface area contributed by atoms with Gasteiger partial charge in [-0.2, -0.15) is 0 Å². The minimum atomic E-state index is -2.14. The van der Waals surface area contributed by atoms with Crippen molar-refractivity contribution in [1.82, 2.24) is 0 Å². The van der Waals surface area contributed by atoms with Crippen LogP contribution in [0, 0.1) is 79.4 Å². The van der Waals surface area contributed by atoms with Gasteiger partial charge in [0.15, 0.2) is 31.0 Å². The van der Waals surface area contributed by atoms with Crippen molar-refractivity contribution in [2.24, 2.45) is 52.5 Å². The second kappa shape index (κ2) is 26.2. The number of benzene rings is 5. The van der Waals surface area contributed by atoms with Crippen molar-refractivity contribution in [3.63, 3.8) is 0 Å². The lowest BCUT2D eigenvalue weighted by molar-refractivity contribution is -0.661. The maximum absolute atomic E-state index is 8.77. The summed E-state index contributed by atoms with van der Waals surface area (Å²) >= 11 is 0. The summed E-state index contributed by atoms with van der Waals surface area (Å²) in [6, 6.07) is 44.1. The summed E-state index contributed by atoms with van der Waals surface area (Å²) in [6.07, 6.45) is 23.9. The zero-order valence-corrected chi connectivity index (χ0v) is 63.4. The summed E-state index contributed by atoms with van der Waals surface area (Å²) in [7, 11) is 10.4. The van der Waals surface area contributed by atoms with Crippen molar-refractivity contribution >= 4 is 0 Å². The van der Waals surface area contributed by atoms with Gasteiger partial charge in [0.05, 0.1) is 0 Å². The fraction of sp³-hybridized carbons (Fsp3) is 0.433. The molecule has 5 nitrogen and oxygen atoms in total. The highest BCUT2D eigenvalue weighted by molar-refractivity contribution is 5.68. The van der Waals surface area contributed by atoms with Crippen LogP contribution in [0.15, 0.2) is 158 Å². The van der Waals surface area contributed by atoms with Gasteiger partial charge < -0.3 is 0 Å². The topological polar surface area (TPSA) is 19.4 Å². The van der Waals surface area contributed by atoms with Crippen LogP contribution in [0.3, 0.4) is 0 Å². The van der Waals surface area contributed by atoms with Gasteiger partial charge in [-0.15, -0.1) is 0 Å². The van der Waals surface area contributed by atoms with E-state index in [2.05, 4.69) is 194 Å². The number of fused-ring (bicyclic) bond motifs is 15. The molecular weight excluding hydrogens is 1240 g/mol. The first-order chi connectivity index (χ1) is 53.1. The van der Waals surface area contributed by atoms with Gasteiger partial charge in [-0.05, 0) is 297 Å². The lowest BCUT2D eigenvalue weighted by atomic mass is 9.63. The van der Waals surface area contributed by atoms with E-state index in [1.54, 1.807) is 57.6 Å². The third kappa shape index (κ3) is 12.0. The first-order valence-corrected chi connectivity index (χ1v) is 38.2. The largest absolute Gasteiger partial charge is 0.212 e. The predicted octanol–water partition coefficient (Wildman–Crippen LogP) is 20.7. The second-order valence-corrected chi connectivity index (χ2v) is 33.6. The number of aromatic nitrogens is 5. The van der Waals surface area contributed by atoms with E-state index >= 15 is 0 Å². The summed E-state index contributed by atoms with van der Waals surface area (Å²) in [5.74, 6) is 2.18. The molecule has 5 fully saturated rings. The molecule has 0 N–H and O–H groups in total. The molecule has 522 valence electrons. The molecule has 5 aromatic carbocycles. The van der Waals surface area contributed by atoms with Gasteiger partial charge in [-0.1, -0.05) is 110 Å². The Balaban J connectivity index is 0.000000107. The molecule has 22 rings (SSSR count). The summed E-state index contributed by atoms with van der Waals surface area (Å²) in [4.78, 5) is 0. The fourth-order valence-corrected chi connectivity index (χ4v) is 20.5. The van der Waals surface area contributed by atoms with Crippen LogP contribution in [-0.2, 0) is 53.4 Å². The third-order valence-corrected chi connectivity index (χ3v) is 26.7. The summed E-state index contributed by atoms with van der Waals surface area (Å²) in [6.45, 7) is 18.0. The number of aryl methyl sites for hydroxylation is 14. The molecule has 10 aromatic rings. The van der Waals surface area contributed by atoms with Gasteiger partial charge in [-0.25, -0.2) is 22.8 Å². The Bertz CT molecular complexity index is 5480. The molecule has 6 atom stereocenters. The van der Waals surface area contributed by atoms with Gasteiger partial charge in [-0.3, -0.25) is 0 Å². The number of rotatable bonds is 5. The molecule has 0 radical (unpaired) electrons. The van der Waals surface area contributed by atoms with E-state index in [0.717, 1.165) is 92.8 Å². The van der Waals surface area contributed by atoms with E-state index in [4.69, 9.17) is 15.1 Å². The van der Waals surface area contributed by atoms with Gasteiger partial charge >= 0.3 is 0 Å². The number of hydrogen-bond donors (Lipinski definition) is 0. The van der Waals surface area contributed by atoms with Crippen LogP contribution in [0.25, 0.3) is 56.3 Å². The minimum Gasteiger partial charge on any atom is -0.201 e. The molecule has 0 spiro atoms. The van der Waals surface area contributed by atoms with Crippen molar-refractivity contribution in [1.29, 1.82) is 0 Å². The zero-order valence-electron chi connectivity index (χ0n) is 74.4. The van der Waals surface area contributed by atoms with Crippen LogP contribution in [0.2, 0.25) is 0 Å². The molecule has 6 unspecified atom stereocenters. The Kier molecular flexibility index (Phi) is 14.5. The summed E-state index contributed by atoms with van der Waals surface area (Å²) in [5.41, 5.74) is 34.9. The van der Waals surface area contributed by atoms with E-state index in [1.165, 1.54) is 113 Å². The lowest BCUT2D eigenvalue weighted by Gasteiger charge is -2.41. The van der Waals surface area contributed by atoms with Crippen LogP contribution >= 0.6 is 0 Å². The molecule has 102 heavy (non-hydrogen) atoms. The Labute approximate surface area is 627 Å². The lowest BCUT2D eigenvalue weighted by Crippen LogP contribution is -2.37. The molecule has 0 amide bonds. The highest BCUT2D eigenvalue weighted by atomic mass is 15.0. The first-order valence-electron chi connectivity index (χ1n) is 43.7. The average molecular weight is 1360 g/mol. The van der Waals surface area contributed by atoms with Crippen LogP contribution in [0.1, 0.15) is 260 Å². The minimum absolute atomic E-state index is 0.0707. The van der Waals surface area contributed by atoms with E-state index in [0.29, 0.717) is 46.8 Å².